The minimum atomic E-state index is -0.435. The standard InChI is InChI=1S/C16H18N4O/c17-16(21)14-13-10-11-6-2-3-7-12(11)15(13)20(18-14)19-8-4-1-5-9-19/h2-3,6-7H,1,4-5,8-10H2,(H2,17,21). The van der Waals surface area contributed by atoms with Gasteiger partial charge < -0.3 is 5.73 Å². The van der Waals surface area contributed by atoms with Crippen LogP contribution in [0, 0.1) is 0 Å². The molecule has 1 aromatic carbocycles. The lowest BCUT2D eigenvalue weighted by Crippen LogP contribution is -2.40. The first kappa shape index (κ1) is 12.4. The van der Waals surface area contributed by atoms with E-state index in [1.165, 1.54) is 30.4 Å². The van der Waals surface area contributed by atoms with Crippen molar-refractivity contribution in [3.63, 3.8) is 0 Å². The summed E-state index contributed by atoms with van der Waals surface area (Å²) in [4.78, 5) is 13.7. The van der Waals surface area contributed by atoms with Crippen LogP contribution in [0.4, 0.5) is 0 Å². The van der Waals surface area contributed by atoms with E-state index in [-0.39, 0.29) is 0 Å². The van der Waals surface area contributed by atoms with Crippen molar-refractivity contribution in [3.8, 4) is 11.3 Å². The summed E-state index contributed by atoms with van der Waals surface area (Å²) in [5, 5.41) is 6.75. The molecule has 2 aromatic rings. The van der Waals surface area contributed by atoms with Crippen molar-refractivity contribution >= 4 is 5.91 Å². The fourth-order valence-corrected chi connectivity index (χ4v) is 3.44. The zero-order chi connectivity index (χ0) is 14.4. The van der Waals surface area contributed by atoms with E-state index >= 15 is 0 Å². The maximum atomic E-state index is 11.7. The van der Waals surface area contributed by atoms with Gasteiger partial charge in [0.25, 0.3) is 5.91 Å². The molecule has 2 N–H and O–H groups in total. The fraction of sp³-hybridized carbons (Fsp3) is 0.375. The molecule has 5 nitrogen and oxygen atoms in total. The van der Waals surface area contributed by atoms with E-state index in [1.54, 1.807) is 0 Å². The lowest BCUT2D eigenvalue weighted by atomic mass is 10.1. The molecule has 1 saturated heterocycles. The molecule has 4 rings (SSSR count). The molecule has 0 bridgehead atoms. The van der Waals surface area contributed by atoms with Crippen LogP contribution in [0.15, 0.2) is 24.3 Å². The number of rotatable bonds is 2. The maximum Gasteiger partial charge on any atom is 0.269 e. The number of carbonyl (C=O) groups excluding carboxylic acids is 1. The number of amides is 1. The van der Waals surface area contributed by atoms with Crippen molar-refractivity contribution in [1.82, 2.24) is 9.89 Å². The van der Waals surface area contributed by atoms with Gasteiger partial charge in [-0.05, 0) is 24.8 Å². The quantitative estimate of drug-likeness (QED) is 0.777. The third-order valence-electron chi connectivity index (χ3n) is 4.44. The summed E-state index contributed by atoms with van der Waals surface area (Å²) in [6.07, 6.45) is 4.35. The molecule has 0 unspecified atom stereocenters. The SMILES string of the molecule is NC(=O)c1nn(N2CCCCC2)c2c1Cc1ccccc1-2. The number of nitrogens with two attached hydrogens (primary N) is 1. The molecule has 0 spiro atoms. The molecular weight excluding hydrogens is 264 g/mol. The Morgan fingerprint density at radius 2 is 1.90 bits per heavy atom. The van der Waals surface area contributed by atoms with E-state index in [0.29, 0.717) is 5.69 Å². The second kappa shape index (κ2) is 4.62. The molecule has 108 valence electrons. The number of primary amides is 1. The summed E-state index contributed by atoms with van der Waals surface area (Å²) in [5.74, 6) is -0.435. The van der Waals surface area contributed by atoms with Crippen LogP contribution in [0.2, 0.25) is 0 Å². The van der Waals surface area contributed by atoms with Gasteiger partial charge in [0.15, 0.2) is 5.69 Å². The molecule has 5 heteroatoms. The number of piperidine rings is 1. The molecule has 21 heavy (non-hydrogen) atoms. The van der Waals surface area contributed by atoms with Crippen molar-refractivity contribution in [1.29, 1.82) is 0 Å². The number of aromatic nitrogens is 2. The van der Waals surface area contributed by atoms with Crippen LogP contribution >= 0.6 is 0 Å². The van der Waals surface area contributed by atoms with Gasteiger partial charge in [-0.25, -0.2) is 0 Å². The molecule has 0 saturated carbocycles. The second-order valence-corrected chi connectivity index (χ2v) is 5.78. The Bertz CT molecular complexity index is 713. The Balaban J connectivity index is 1.89. The third kappa shape index (κ3) is 1.84. The zero-order valence-electron chi connectivity index (χ0n) is 11.9. The summed E-state index contributed by atoms with van der Waals surface area (Å²) in [6.45, 7) is 1.96. The Hall–Kier alpha value is -2.30. The van der Waals surface area contributed by atoms with Crippen LogP contribution in [0.5, 0.6) is 0 Å². The summed E-state index contributed by atoms with van der Waals surface area (Å²) in [5.41, 5.74) is 10.4. The van der Waals surface area contributed by atoms with Gasteiger partial charge in [0.1, 0.15) is 0 Å². The van der Waals surface area contributed by atoms with E-state index in [0.717, 1.165) is 30.8 Å². The van der Waals surface area contributed by atoms with E-state index in [1.807, 2.05) is 16.9 Å². The second-order valence-electron chi connectivity index (χ2n) is 5.78. The minimum Gasteiger partial charge on any atom is -0.364 e. The number of carbonyl (C=O) groups is 1. The Labute approximate surface area is 123 Å². The van der Waals surface area contributed by atoms with Crippen molar-refractivity contribution in [2.24, 2.45) is 5.73 Å². The first-order chi connectivity index (χ1) is 10.3. The molecule has 2 heterocycles. The lowest BCUT2D eigenvalue weighted by Gasteiger charge is -2.29. The summed E-state index contributed by atoms with van der Waals surface area (Å²) >= 11 is 0. The molecule has 1 amide bonds. The summed E-state index contributed by atoms with van der Waals surface area (Å²) < 4.78 is 0. The summed E-state index contributed by atoms with van der Waals surface area (Å²) in [6, 6.07) is 8.29. The van der Waals surface area contributed by atoms with Gasteiger partial charge in [-0.15, -0.1) is 5.10 Å². The molecule has 2 aliphatic rings. The predicted molar refractivity (Wildman–Crippen MR) is 80.8 cm³/mol. The largest absolute Gasteiger partial charge is 0.364 e. The molecular formula is C16H18N4O. The van der Waals surface area contributed by atoms with Crippen LogP contribution in [-0.2, 0) is 6.42 Å². The number of hydrogen-bond acceptors (Lipinski definition) is 3. The molecule has 1 aliphatic carbocycles. The van der Waals surface area contributed by atoms with Gasteiger partial charge in [0, 0.05) is 30.6 Å². The zero-order valence-corrected chi connectivity index (χ0v) is 11.9. The fourth-order valence-electron chi connectivity index (χ4n) is 3.44. The van der Waals surface area contributed by atoms with Crippen molar-refractivity contribution in [3.05, 3.63) is 41.1 Å². The van der Waals surface area contributed by atoms with Gasteiger partial charge in [-0.3, -0.25) is 9.80 Å². The molecule has 0 atom stereocenters. The number of fused-ring (bicyclic) bond motifs is 3. The van der Waals surface area contributed by atoms with E-state index in [2.05, 4.69) is 22.2 Å². The predicted octanol–water partition coefficient (Wildman–Crippen LogP) is 1.68. The Morgan fingerprint density at radius 3 is 2.67 bits per heavy atom. The number of nitrogens with zero attached hydrogens (tertiary/aromatic N) is 3. The Morgan fingerprint density at radius 1 is 1.14 bits per heavy atom. The van der Waals surface area contributed by atoms with Gasteiger partial charge in [0.05, 0.1) is 5.69 Å². The normalized spacial score (nSPS) is 16.7. The number of benzene rings is 1. The van der Waals surface area contributed by atoms with Crippen LogP contribution in [-0.4, -0.2) is 28.9 Å². The van der Waals surface area contributed by atoms with Crippen molar-refractivity contribution in [2.75, 3.05) is 18.1 Å². The highest BCUT2D eigenvalue weighted by Gasteiger charge is 2.31. The van der Waals surface area contributed by atoms with Crippen LogP contribution in [0.25, 0.3) is 11.3 Å². The molecule has 0 radical (unpaired) electrons. The van der Waals surface area contributed by atoms with Crippen LogP contribution < -0.4 is 10.7 Å². The minimum absolute atomic E-state index is 0.423. The monoisotopic (exact) mass is 282 g/mol. The molecule has 1 fully saturated rings. The van der Waals surface area contributed by atoms with Crippen molar-refractivity contribution < 1.29 is 4.79 Å². The smallest absolute Gasteiger partial charge is 0.269 e. The first-order valence-electron chi connectivity index (χ1n) is 7.51. The topological polar surface area (TPSA) is 64.2 Å². The highest BCUT2D eigenvalue weighted by atomic mass is 16.1. The van der Waals surface area contributed by atoms with Crippen molar-refractivity contribution in [2.45, 2.75) is 25.7 Å². The highest BCUT2D eigenvalue weighted by Crippen LogP contribution is 2.38. The number of hydrogen-bond donors (Lipinski definition) is 1. The van der Waals surface area contributed by atoms with Gasteiger partial charge in [-0.1, -0.05) is 24.3 Å². The van der Waals surface area contributed by atoms with E-state index in [9.17, 15) is 4.79 Å². The van der Waals surface area contributed by atoms with E-state index in [4.69, 9.17) is 5.73 Å². The summed E-state index contributed by atoms with van der Waals surface area (Å²) in [7, 11) is 0. The average Bonchev–Trinajstić information content (AvgIpc) is 3.05. The average molecular weight is 282 g/mol. The third-order valence-corrected chi connectivity index (χ3v) is 4.44. The first-order valence-corrected chi connectivity index (χ1v) is 7.51. The highest BCUT2D eigenvalue weighted by molar-refractivity contribution is 5.95. The lowest BCUT2D eigenvalue weighted by molar-refractivity contribution is 0.0994. The van der Waals surface area contributed by atoms with Gasteiger partial charge >= 0.3 is 0 Å². The van der Waals surface area contributed by atoms with Gasteiger partial charge in [0.2, 0.25) is 0 Å². The Kier molecular flexibility index (Phi) is 2.74. The van der Waals surface area contributed by atoms with Gasteiger partial charge in [-0.2, -0.15) is 4.79 Å². The molecule has 1 aromatic heterocycles. The van der Waals surface area contributed by atoms with Crippen LogP contribution in [0.3, 0.4) is 0 Å². The molecule has 1 aliphatic heterocycles. The maximum absolute atomic E-state index is 11.7. The van der Waals surface area contributed by atoms with E-state index < -0.39 is 5.91 Å². The van der Waals surface area contributed by atoms with Crippen LogP contribution in [0.1, 0.15) is 40.9 Å².